The molecule has 8 heavy (non-hydrogen) atoms. The van der Waals surface area contributed by atoms with E-state index >= 15 is 0 Å². The summed E-state index contributed by atoms with van der Waals surface area (Å²) in [5, 5.41) is 0. The van der Waals surface area contributed by atoms with Gasteiger partial charge in [-0.15, -0.1) is 0 Å². The van der Waals surface area contributed by atoms with Gasteiger partial charge in [-0.05, 0) is 6.07 Å². The van der Waals surface area contributed by atoms with Gasteiger partial charge in [0.15, 0.2) is 0 Å². The molecule has 0 unspecified atom stereocenters. The number of hydrogen-bond donors (Lipinski definition) is 2. The van der Waals surface area contributed by atoms with Gasteiger partial charge in [-0.25, -0.2) is 9.78 Å². The van der Waals surface area contributed by atoms with Crippen molar-refractivity contribution in [1.82, 2.24) is 16.1 Å². The van der Waals surface area contributed by atoms with Gasteiger partial charge in [0.1, 0.15) is 0 Å². The molecule has 0 aliphatic heterocycles. The Balaban J connectivity index is 0.000000490. The lowest BCUT2D eigenvalue weighted by Gasteiger charge is -1.72. The van der Waals surface area contributed by atoms with E-state index in [1.807, 2.05) is 0 Å². The lowest BCUT2D eigenvalue weighted by atomic mass is 10.7. The highest BCUT2D eigenvalue weighted by Crippen LogP contribution is 1.60. The van der Waals surface area contributed by atoms with E-state index in [1.165, 1.54) is 12.4 Å². The minimum atomic E-state index is -0.303. The van der Waals surface area contributed by atoms with Crippen LogP contribution in [-0.2, 0) is 0 Å². The molecule has 0 saturated heterocycles. The van der Waals surface area contributed by atoms with Crippen LogP contribution >= 0.6 is 0 Å². The first kappa shape index (κ1) is 6.84. The molecule has 4 N–H and O–H groups in total. The molecule has 0 spiro atoms. The Labute approximate surface area is 46.2 Å². The third kappa shape index (κ3) is 1.53. The van der Waals surface area contributed by atoms with Gasteiger partial charge in [0.05, 0.1) is 0 Å². The van der Waals surface area contributed by atoms with Gasteiger partial charge in [-0.3, -0.25) is 0 Å². The average Bonchev–Trinajstić information content (AvgIpc) is 1.69. The third-order valence-electron chi connectivity index (χ3n) is 0.581. The highest BCUT2D eigenvalue weighted by molar-refractivity contribution is 4.75. The number of hydrogen-bond acceptors (Lipinski definition) is 3. The van der Waals surface area contributed by atoms with Crippen LogP contribution in [0.3, 0.4) is 0 Å². The van der Waals surface area contributed by atoms with Gasteiger partial charge in [-0.2, -0.15) is 0 Å². The molecule has 0 aromatic carbocycles. The largest absolute Gasteiger partial charge is 0.344 e. The summed E-state index contributed by atoms with van der Waals surface area (Å²) < 4.78 is 0. The van der Waals surface area contributed by atoms with E-state index in [4.69, 9.17) is 0 Å². The summed E-state index contributed by atoms with van der Waals surface area (Å²) in [6, 6.07) is 1.65. The van der Waals surface area contributed by atoms with Crippen molar-refractivity contribution in [3.8, 4) is 0 Å². The molecule has 1 aromatic heterocycles. The molecule has 0 saturated carbocycles. The molecule has 4 nitrogen and oxygen atoms in total. The fourth-order valence-electron chi connectivity index (χ4n) is 0.310. The van der Waals surface area contributed by atoms with Crippen molar-refractivity contribution in [2.75, 3.05) is 0 Å². The van der Waals surface area contributed by atoms with Crippen molar-refractivity contribution < 1.29 is 0 Å². The summed E-state index contributed by atoms with van der Waals surface area (Å²) in [5.41, 5.74) is -0.303. The van der Waals surface area contributed by atoms with E-state index in [2.05, 4.69) is 9.97 Å². The van der Waals surface area contributed by atoms with Crippen LogP contribution in [0.5, 0.6) is 0 Å². The molecule has 1 rings (SSSR count). The van der Waals surface area contributed by atoms with Crippen LogP contribution in [0.15, 0.2) is 23.3 Å². The Morgan fingerprint density at radius 2 is 2.38 bits per heavy atom. The zero-order valence-electron chi connectivity index (χ0n) is 4.29. The molecule has 0 aliphatic rings. The van der Waals surface area contributed by atoms with E-state index < -0.39 is 0 Å². The summed E-state index contributed by atoms with van der Waals surface area (Å²) in [7, 11) is 0. The third-order valence-corrected chi connectivity index (χ3v) is 0.581. The number of aromatic nitrogens is 2. The summed E-state index contributed by atoms with van der Waals surface area (Å²) in [5.74, 6) is 0. The van der Waals surface area contributed by atoms with Gasteiger partial charge in [0.2, 0.25) is 0 Å². The van der Waals surface area contributed by atoms with Crippen molar-refractivity contribution in [2.45, 2.75) is 0 Å². The summed E-state index contributed by atoms with van der Waals surface area (Å²) in [6.45, 7) is 0. The second kappa shape index (κ2) is 2.92. The maximum Gasteiger partial charge on any atom is 0.344 e. The van der Waals surface area contributed by atoms with Crippen LogP contribution in [0.1, 0.15) is 0 Å². The zero-order valence-corrected chi connectivity index (χ0v) is 4.29. The van der Waals surface area contributed by atoms with Crippen LogP contribution in [0.2, 0.25) is 0 Å². The number of aromatic amines is 1. The Hall–Kier alpha value is -1.16. The molecule has 0 bridgehead atoms. The Morgan fingerprint density at radius 1 is 1.62 bits per heavy atom. The summed E-state index contributed by atoms with van der Waals surface area (Å²) in [6.07, 6.45) is 2.98. The molecule has 0 atom stereocenters. The Bertz CT molecular complexity index is 177. The standard InChI is InChI=1S/C4H4N2O.H3N/c7-4-5-2-1-3-6-4;/h1-3H,(H,5,6,7);1H3. The predicted molar refractivity (Wildman–Crippen MR) is 29.9 cm³/mol. The van der Waals surface area contributed by atoms with E-state index in [9.17, 15) is 4.79 Å². The van der Waals surface area contributed by atoms with Crippen molar-refractivity contribution in [2.24, 2.45) is 0 Å². The SMILES string of the molecule is N.O=c1nccc[nH]1. The molecule has 0 radical (unpaired) electrons. The van der Waals surface area contributed by atoms with Crippen LogP contribution in [0.4, 0.5) is 0 Å². The second-order valence-electron chi connectivity index (χ2n) is 1.09. The van der Waals surface area contributed by atoms with Crippen LogP contribution < -0.4 is 11.8 Å². The number of H-pyrrole nitrogens is 1. The summed E-state index contributed by atoms with van der Waals surface area (Å²) >= 11 is 0. The van der Waals surface area contributed by atoms with Crippen molar-refractivity contribution in [3.63, 3.8) is 0 Å². The molecule has 0 aliphatic carbocycles. The van der Waals surface area contributed by atoms with Gasteiger partial charge in [0.25, 0.3) is 0 Å². The van der Waals surface area contributed by atoms with E-state index in [0.29, 0.717) is 0 Å². The number of nitrogens with zero attached hydrogens (tertiary/aromatic N) is 1. The quantitative estimate of drug-likeness (QED) is 0.494. The maximum absolute atomic E-state index is 10.1. The van der Waals surface area contributed by atoms with E-state index in [0.717, 1.165) is 0 Å². The number of rotatable bonds is 0. The van der Waals surface area contributed by atoms with Gasteiger partial charge in [0, 0.05) is 12.4 Å². The van der Waals surface area contributed by atoms with Crippen LogP contribution in [0.25, 0.3) is 0 Å². The fraction of sp³-hybridized carbons (Fsp3) is 0. The molecular weight excluding hydrogens is 106 g/mol. The first-order valence-corrected chi connectivity index (χ1v) is 1.89. The molecule has 0 amide bonds. The molecule has 1 aromatic rings. The zero-order chi connectivity index (χ0) is 5.11. The van der Waals surface area contributed by atoms with Crippen molar-refractivity contribution >= 4 is 0 Å². The Kier molecular flexibility index (Phi) is 2.50. The summed E-state index contributed by atoms with van der Waals surface area (Å²) in [4.78, 5) is 15.8. The first-order valence-electron chi connectivity index (χ1n) is 1.89. The highest BCUT2D eigenvalue weighted by atomic mass is 16.1. The normalized spacial score (nSPS) is 7.50. The predicted octanol–water partition coefficient (Wildman–Crippen LogP) is -0.0681. The second-order valence-corrected chi connectivity index (χ2v) is 1.09. The van der Waals surface area contributed by atoms with Crippen LogP contribution in [0, 0.1) is 0 Å². The van der Waals surface area contributed by atoms with E-state index in [-0.39, 0.29) is 11.8 Å². The van der Waals surface area contributed by atoms with Crippen molar-refractivity contribution in [1.29, 1.82) is 0 Å². The van der Waals surface area contributed by atoms with E-state index in [1.54, 1.807) is 6.07 Å². The molecule has 44 valence electrons. The van der Waals surface area contributed by atoms with Crippen molar-refractivity contribution in [3.05, 3.63) is 28.9 Å². The molecular formula is C4H7N3O. The lowest BCUT2D eigenvalue weighted by molar-refractivity contribution is 1.08. The van der Waals surface area contributed by atoms with Gasteiger partial charge in [-0.1, -0.05) is 0 Å². The minimum absolute atomic E-state index is 0. The lowest BCUT2D eigenvalue weighted by Crippen LogP contribution is -2.05. The Morgan fingerprint density at radius 3 is 2.62 bits per heavy atom. The molecule has 4 heteroatoms. The fourth-order valence-corrected chi connectivity index (χ4v) is 0.310. The average molecular weight is 113 g/mol. The minimum Gasteiger partial charge on any atom is -0.344 e. The maximum atomic E-state index is 10.1. The first-order chi connectivity index (χ1) is 3.39. The smallest absolute Gasteiger partial charge is 0.344 e. The van der Waals surface area contributed by atoms with Crippen LogP contribution in [-0.4, -0.2) is 9.97 Å². The number of nitrogens with one attached hydrogen (secondary N) is 1. The monoisotopic (exact) mass is 113 g/mol. The van der Waals surface area contributed by atoms with Gasteiger partial charge >= 0.3 is 5.69 Å². The molecule has 0 fully saturated rings. The van der Waals surface area contributed by atoms with Gasteiger partial charge < -0.3 is 11.1 Å². The highest BCUT2D eigenvalue weighted by Gasteiger charge is 1.70. The topological polar surface area (TPSA) is 80.8 Å². The molecule has 1 heterocycles.